The van der Waals surface area contributed by atoms with Crippen molar-refractivity contribution in [3.05, 3.63) is 0 Å². The number of aliphatic hydroxyl groups is 2. The number of β-amino-alcohol motifs (C(OH)–C–C–N with tert-alkyl or cyclic N) is 1. The molecule has 24 heavy (non-hydrogen) atoms. The summed E-state index contributed by atoms with van der Waals surface area (Å²) in [6, 6.07) is 0. The summed E-state index contributed by atoms with van der Waals surface area (Å²) in [5, 5.41) is 23.6. The number of carbonyl (C=O) groups is 2. The van der Waals surface area contributed by atoms with Gasteiger partial charge in [-0.1, -0.05) is 0 Å². The van der Waals surface area contributed by atoms with Crippen LogP contribution in [-0.2, 0) is 9.59 Å². The molecule has 1 unspecified atom stereocenters. The normalized spacial score (nSPS) is 26.2. The second kappa shape index (κ2) is 7.06. The third-order valence-electron chi connectivity index (χ3n) is 4.29. The minimum Gasteiger partial charge on any atom is -0.394 e. The van der Waals surface area contributed by atoms with Crippen LogP contribution in [0.25, 0.3) is 0 Å². The number of halogens is 3. The first-order valence-corrected chi connectivity index (χ1v) is 7.75. The summed E-state index contributed by atoms with van der Waals surface area (Å²) in [5.74, 6) is -0.847. The quantitative estimate of drug-likeness (QED) is 0.763. The predicted octanol–water partition coefficient (Wildman–Crippen LogP) is 0.263. The maximum Gasteiger partial charge on any atom is 0.417 e. The third-order valence-corrected chi connectivity index (χ3v) is 4.29. The van der Waals surface area contributed by atoms with Gasteiger partial charge in [0.05, 0.1) is 13.2 Å². The number of hydrogen-bond donors (Lipinski definition) is 2. The van der Waals surface area contributed by atoms with Gasteiger partial charge in [-0.05, 0) is 12.8 Å². The molecule has 2 N–H and O–H groups in total. The van der Waals surface area contributed by atoms with Gasteiger partial charge in [0, 0.05) is 32.4 Å². The molecule has 2 rings (SSSR count). The van der Waals surface area contributed by atoms with E-state index in [1.807, 2.05) is 0 Å². The zero-order chi connectivity index (χ0) is 18.0. The zero-order valence-electron chi connectivity index (χ0n) is 13.1. The Balaban J connectivity index is 2.08. The molecule has 0 aromatic rings. The van der Waals surface area contributed by atoms with Crippen molar-refractivity contribution in [2.24, 2.45) is 5.10 Å². The first-order chi connectivity index (χ1) is 11.2. The van der Waals surface area contributed by atoms with E-state index in [9.17, 15) is 27.9 Å². The fourth-order valence-electron chi connectivity index (χ4n) is 2.81. The molecular formula is C14H20F3N3O4. The summed E-state index contributed by atoms with van der Waals surface area (Å²) in [4.78, 5) is 25.3. The number of hydrogen-bond acceptors (Lipinski definition) is 5. The third kappa shape index (κ3) is 3.86. The monoisotopic (exact) mass is 351 g/mol. The van der Waals surface area contributed by atoms with Crippen molar-refractivity contribution in [1.29, 1.82) is 0 Å². The number of alkyl halides is 3. The fourth-order valence-corrected chi connectivity index (χ4v) is 2.81. The van der Waals surface area contributed by atoms with Crippen LogP contribution in [0.4, 0.5) is 13.2 Å². The van der Waals surface area contributed by atoms with Crippen LogP contribution in [0.1, 0.15) is 32.1 Å². The standard InChI is InChI=1S/C14H20F3N3O4/c15-14(16,17)13(24)4-1-6-19(7-5-13)12(23)10-2-3-11(22)20(18-10)8-9-21/h21,24H,1-9H2. The van der Waals surface area contributed by atoms with Crippen molar-refractivity contribution in [3.63, 3.8) is 0 Å². The van der Waals surface area contributed by atoms with Gasteiger partial charge in [-0.15, -0.1) is 0 Å². The maximum absolute atomic E-state index is 12.9. The lowest BCUT2D eigenvalue weighted by Crippen LogP contribution is -2.46. The maximum atomic E-state index is 12.9. The first-order valence-electron chi connectivity index (χ1n) is 7.75. The van der Waals surface area contributed by atoms with Gasteiger partial charge in [0.1, 0.15) is 5.71 Å². The van der Waals surface area contributed by atoms with Gasteiger partial charge in [0.15, 0.2) is 5.60 Å². The van der Waals surface area contributed by atoms with Gasteiger partial charge in [-0.2, -0.15) is 18.3 Å². The molecule has 10 heteroatoms. The van der Waals surface area contributed by atoms with Crippen molar-refractivity contribution in [1.82, 2.24) is 9.91 Å². The van der Waals surface area contributed by atoms with Gasteiger partial charge in [-0.25, -0.2) is 5.01 Å². The molecule has 0 aromatic heterocycles. The first kappa shape index (κ1) is 18.7. The van der Waals surface area contributed by atoms with E-state index in [4.69, 9.17) is 5.11 Å². The Morgan fingerprint density at radius 2 is 1.96 bits per heavy atom. The Labute approximate surface area is 136 Å². The lowest BCUT2D eigenvalue weighted by atomic mass is 9.94. The summed E-state index contributed by atoms with van der Waals surface area (Å²) < 4.78 is 38.8. The number of hydrazone groups is 1. The van der Waals surface area contributed by atoms with Gasteiger partial charge < -0.3 is 15.1 Å². The van der Waals surface area contributed by atoms with Crippen LogP contribution in [0.5, 0.6) is 0 Å². The minimum absolute atomic E-state index is 0.0221. The van der Waals surface area contributed by atoms with Gasteiger partial charge in [-0.3, -0.25) is 9.59 Å². The number of rotatable bonds is 3. The molecule has 7 nitrogen and oxygen atoms in total. The van der Waals surface area contributed by atoms with Crippen LogP contribution in [0, 0.1) is 0 Å². The Hall–Kier alpha value is -1.68. The second-order valence-corrected chi connectivity index (χ2v) is 5.96. The van der Waals surface area contributed by atoms with E-state index in [2.05, 4.69) is 5.10 Å². The van der Waals surface area contributed by atoms with E-state index in [0.29, 0.717) is 0 Å². The average molecular weight is 351 g/mol. The Morgan fingerprint density at radius 3 is 2.58 bits per heavy atom. The van der Waals surface area contributed by atoms with E-state index in [0.717, 1.165) is 5.01 Å². The van der Waals surface area contributed by atoms with Crippen molar-refractivity contribution in [2.75, 3.05) is 26.2 Å². The van der Waals surface area contributed by atoms with Crippen molar-refractivity contribution in [2.45, 2.75) is 43.9 Å². The molecule has 1 saturated heterocycles. The average Bonchev–Trinajstić information content (AvgIpc) is 2.71. The van der Waals surface area contributed by atoms with Crippen LogP contribution in [-0.4, -0.2) is 75.7 Å². The highest BCUT2D eigenvalue weighted by Gasteiger charge is 2.53. The van der Waals surface area contributed by atoms with E-state index < -0.39 is 30.5 Å². The molecule has 0 radical (unpaired) electrons. The van der Waals surface area contributed by atoms with E-state index >= 15 is 0 Å². The SMILES string of the molecule is O=C(C1=NN(CCO)C(=O)CC1)N1CCCC(O)(C(F)(F)F)CC1. The molecule has 2 aliphatic heterocycles. The highest BCUT2D eigenvalue weighted by molar-refractivity contribution is 6.39. The Morgan fingerprint density at radius 1 is 1.25 bits per heavy atom. The van der Waals surface area contributed by atoms with Crippen molar-refractivity contribution >= 4 is 17.5 Å². The van der Waals surface area contributed by atoms with Crippen LogP contribution in [0.15, 0.2) is 5.10 Å². The van der Waals surface area contributed by atoms with Crippen LogP contribution in [0.2, 0.25) is 0 Å². The van der Waals surface area contributed by atoms with Crippen LogP contribution in [0.3, 0.4) is 0 Å². The van der Waals surface area contributed by atoms with Crippen LogP contribution < -0.4 is 0 Å². The minimum atomic E-state index is -4.74. The summed E-state index contributed by atoms with van der Waals surface area (Å²) in [5.41, 5.74) is -2.70. The second-order valence-electron chi connectivity index (χ2n) is 5.96. The largest absolute Gasteiger partial charge is 0.417 e. The molecular weight excluding hydrogens is 331 g/mol. The van der Waals surface area contributed by atoms with Crippen molar-refractivity contribution in [3.8, 4) is 0 Å². The van der Waals surface area contributed by atoms with E-state index in [-0.39, 0.29) is 57.1 Å². The van der Waals surface area contributed by atoms with Gasteiger partial charge >= 0.3 is 6.18 Å². The summed E-state index contributed by atoms with van der Waals surface area (Å²) in [6.07, 6.45) is -5.59. The number of aliphatic hydroxyl groups excluding tert-OH is 1. The smallest absolute Gasteiger partial charge is 0.394 e. The molecule has 0 spiro atoms. The predicted molar refractivity (Wildman–Crippen MR) is 76.9 cm³/mol. The zero-order valence-corrected chi connectivity index (χ0v) is 13.1. The number of likely N-dealkylation sites (tertiary alicyclic amines) is 1. The van der Waals surface area contributed by atoms with Gasteiger partial charge in [0.25, 0.3) is 5.91 Å². The molecule has 1 atom stereocenters. The molecule has 2 aliphatic rings. The molecule has 0 bridgehead atoms. The fraction of sp³-hybridized carbons (Fsp3) is 0.786. The summed E-state index contributed by atoms with van der Waals surface area (Å²) in [6.45, 7) is -0.492. The molecule has 2 amide bonds. The molecule has 136 valence electrons. The van der Waals surface area contributed by atoms with Crippen molar-refractivity contribution < 1.29 is 33.0 Å². The lowest BCUT2D eigenvalue weighted by molar-refractivity contribution is -0.263. The molecule has 0 aliphatic carbocycles. The number of carbonyl (C=O) groups excluding carboxylic acids is 2. The highest BCUT2D eigenvalue weighted by Crippen LogP contribution is 2.38. The topological polar surface area (TPSA) is 93.4 Å². The molecule has 0 saturated carbocycles. The van der Waals surface area contributed by atoms with E-state index in [1.165, 1.54) is 4.90 Å². The summed E-state index contributed by atoms with van der Waals surface area (Å²) in [7, 11) is 0. The number of amides is 2. The Bertz CT molecular complexity index is 538. The highest BCUT2D eigenvalue weighted by atomic mass is 19.4. The molecule has 0 aromatic carbocycles. The van der Waals surface area contributed by atoms with Crippen LogP contribution >= 0.6 is 0 Å². The molecule has 1 fully saturated rings. The molecule has 2 heterocycles. The van der Waals surface area contributed by atoms with E-state index in [1.54, 1.807) is 0 Å². The Kier molecular flexibility index (Phi) is 5.49. The lowest BCUT2D eigenvalue weighted by Gasteiger charge is -2.29. The summed E-state index contributed by atoms with van der Waals surface area (Å²) >= 11 is 0. The number of nitrogens with zero attached hydrogens (tertiary/aromatic N) is 3. The van der Waals surface area contributed by atoms with Gasteiger partial charge in [0.2, 0.25) is 5.91 Å².